The number of nitrogens with two attached hydrogens (primary N) is 1. The van der Waals surface area contributed by atoms with E-state index in [9.17, 15) is 9.18 Å². The molecule has 0 aliphatic carbocycles. The largest absolute Gasteiger partial charge is 0.397 e. The van der Waals surface area contributed by atoms with Crippen molar-refractivity contribution >= 4 is 29.0 Å². The van der Waals surface area contributed by atoms with E-state index in [-0.39, 0.29) is 24.0 Å². The molecule has 0 saturated carbocycles. The quantitative estimate of drug-likeness (QED) is 0.535. The molecular formula is C10H13FN2O2S. The smallest absolute Gasteiger partial charge is 0.234 e. The van der Waals surface area contributed by atoms with E-state index in [4.69, 9.17) is 10.8 Å². The third-order valence-corrected chi connectivity index (χ3v) is 2.69. The molecule has 0 unspecified atom stereocenters. The van der Waals surface area contributed by atoms with Crippen LogP contribution in [-0.2, 0) is 4.79 Å². The predicted molar refractivity (Wildman–Crippen MR) is 63.9 cm³/mol. The number of benzene rings is 1. The first kappa shape index (κ1) is 12.8. The van der Waals surface area contributed by atoms with Crippen molar-refractivity contribution in [2.75, 3.05) is 29.2 Å². The van der Waals surface area contributed by atoms with Crippen LogP contribution in [0.1, 0.15) is 0 Å². The number of rotatable bonds is 5. The van der Waals surface area contributed by atoms with Crippen LogP contribution in [0.4, 0.5) is 15.8 Å². The Morgan fingerprint density at radius 1 is 1.56 bits per heavy atom. The van der Waals surface area contributed by atoms with Crippen LogP contribution in [0.5, 0.6) is 0 Å². The molecule has 0 fully saturated rings. The summed E-state index contributed by atoms with van der Waals surface area (Å²) in [5, 5.41) is 11.1. The fraction of sp³-hybridized carbons (Fsp3) is 0.300. The van der Waals surface area contributed by atoms with E-state index >= 15 is 0 Å². The number of hydrogen-bond donors (Lipinski definition) is 3. The summed E-state index contributed by atoms with van der Waals surface area (Å²) in [6.45, 7) is 0.0383. The Labute approximate surface area is 97.0 Å². The van der Waals surface area contributed by atoms with Gasteiger partial charge in [-0.2, -0.15) is 0 Å². The zero-order valence-electron chi connectivity index (χ0n) is 8.57. The maximum absolute atomic E-state index is 12.7. The Bertz CT molecular complexity index is 374. The lowest BCUT2D eigenvalue weighted by molar-refractivity contribution is -0.113. The van der Waals surface area contributed by atoms with E-state index in [1.165, 1.54) is 23.9 Å². The van der Waals surface area contributed by atoms with Gasteiger partial charge in [0.05, 0.1) is 23.7 Å². The number of amides is 1. The van der Waals surface area contributed by atoms with Crippen LogP contribution < -0.4 is 11.1 Å². The fourth-order valence-corrected chi connectivity index (χ4v) is 1.59. The molecule has 0 atom stereocenters. The minimum absolute atomic E-state index is 0.0383. The standard InChI is InChI=1S/C10H13FN2O2S/c11-7-1-2-9(8(12)5-7)13-10(15)6-16-4-3-14/h1-2,5,14H,3-4,6,12H2,(H,13,15). The minimum Gasteiger partial charge on any atom is -0.397 e. The van der Waals surface area contributed by atoms with Crippen molar-refractivity contribution in [2.45, 2.75) is 0 Å². The van der Waals surface area contributed by atoms with Gasteiger partial charge in [0.15, 0.2) is 0 Å². The van der Waals surface area contributed by atoms with Crippen LogP contribution in [0.2, 0.25) is 0 Å². The molecule has 1 rings (SSSR count). The van der Waals surface area contributed by atoms with Gasteiger partial charge < -0.3 is 16.2 Å². The first-order chi connectivity index (χ1) is 7.63. The summed E-state index contributed by atoms with van der Waals surface area (Å²) in [5.41, 5.74) is 6.12. The summed E-state index contributed by atoms with van der Waals surface area (Å²) >= 11 is 1.31. The second kappa shape index (κ2) is 6.34. The molecule has 0 spiro atoms. The van der Waals surface area contributed by atoms with E-state index in [2.05, 4.69) is 5.32 Å². The molecule has 6 heteroatoms. The molecular weight excluding hydrogens is 231 g/mol. The number of thioether (sulfide) groups is 1. The second-order valence-electron chi connectivity index (χ2n) is 3.06. The third-order valence-electron chi connectivity index (χ3n) is 1.76. The van der Waals surface area contributed by atoms with Crippen molar-refractivity contribution in [3.63, 3.8) is 0 Å². The van der Waals surface area contributed by atoms with Gasteiger partial charge in [-0.3, -0.25) is 4.79 Å². The second-order valence-corrected chi connectivity index (χ2v) is 4.16. The summed E-state index contributed by atoms with van der Waals surface area (Å²) < 4.78 is 12.7. The molecule has 0 heterocycles. The average molecular weight is 244 g/mol. The molecule has 0 aliphatic rings. The highest BCUT2D eigenvalue weighted by atomic mass is 32.2. The minimum atomic E-state index is -0.440. The van der Waals surface area contributed by atoms with Crippen molar-refractivity contribution in [1.29, 1.82) is 0 Å². The number of hydrogen-bond acceptors (Lipinski definition) is 4. The maximum atomic E-state index is 12.7. The van der Waals surface area contributed by atoms with Crippen molar-refractivity contribution in [3.05, 3.63) is 24.0 Å². The summed E-state index contributed by atoms with van der Waals surface area (Å²) in [5.74, 6) is 0.0749. The van der Waals surface area contributed by atoms with Crippen molar-refractivity contribution in [3.8, 4) is 0 Å². The SMILES string of the molecule is Nc1cc(F)ccc1NC(=O)CSCCO. The topological polar surface area (TPSA) is 75.3 Å². The summed E-state index contributed by atoms with van der Waals surface area (Å²) in [7, 11) is 0. The highest BCUT2D eigenvalue weighted by molar-refractivity contribution is 7.99. The summed E-state index contributed by atoms with van der Waals surface area (Å²) in [6.07, 6.45) is 0. The molecule has 4 nitrogen and oxygen atoms in total. The number of aliphatic hydroxyl groups is 1. The average Bonchev–Trinajstić information content (AvgIpc) is 2.23. The van der Waals surface area contributed by atoms with Gasteiger partial charge in [-0.15, -0.1) is 11.8 Å². The van der Waals surface area contributed by atoms with Gasteiger partial charge in [0, 0.05) is 5.75 Å². The number of halogens is 1. The van der Waals surface area contributed by atoms with Crippen molar-refractivity contribution in [2.24, 2.45) is 0 Å². The fourth-order valence-electron chi connectivity index (χ4n) is 1.06. The Balaban J connectivity index is 2.49. The summed E-state index contributed by atoms with van der Waals surface area (Å²) in [6, 6.07) is 3.79. The maximum Gasteiger partial charge on any atom is 0.234 e. The van der Waals surface area contributed by atoms with Crippen LogP contribution in [0, 0.1) is 5.82 Å². The van der Waals surface area contributed by atoms with Gasteiger partial charge in [0.25, 0.3) is 0 Å². The number of nitrogen functional groups attached to an aromatic ring is 1. The van der Waals surface area contributed by atoms with Crippen LogP contribution >= 0.6 is 11.8 Å². The normalized spacial score (nSPS) is 10.1. The van der Waals surface area contributed by atoms with Crippen molar-refractivity contribution < 1.29 is 14.3 Å². The monoisotopic (exact) mass is 244 g/mol. The molecule has 0 aliphatic heterocycles. The van der Waals surface area contributed by atoms with Crippen molar-refractivity contribution in [1.82, 2.24) is 0 Å². The Kier molecular flexibility index (Phi) is 5.07. The van der Waals surface area contributed by atoms with E-state index in [1.807, 2.05) is 0 Å². The van der Waals surface area contributed by atoms with Gasteiger partial charge in [-0.1, -0.05) is 0 Å². The zero-order chi connectivity index (χ0) is 12.0. The molecule has 16 heavy (non-hydrogen) atoms. The van der Waals surface area contributed by atoms with Gasteiger partial charge in [-0.25, -0.2) is 4.39 Å². The number of carbonyl (C=O) groups is 1. The molecule has 1 aromatic rings. The first-order valence-electron chi connectivity index (χ1n) is 4.67. The van der Waals surface area contributed by atoms with Gasteiger partial charge >= 0.3 is 0 Å². The molecule has 88 valence electrons. The lowest BCUT2D eigenvalue weighted by Gasteiger charge is -2.07. The highest BCUT2D eigenvalue weighted by Crippen LogP contribution is 2.19. The number of nitrogens with one attached hydrogen (secondary N) is 1. The lowest BCUT2D eigenvalue weighted by atomic mass is 10.2. The van der Waals surface area contributed by atoms with E-state index in [0.717, 1.165) is 6.07 Å². The highest BCUT2D eigenvalue weighted by Gasteiger charge is 2.05. The number of carbonyl (C=O) groups excluding carboxylic acids is 1. The number of aliphatic hydroxyl groups excluding tert-OH is 1. The van der Waals surface area contributed by atoms with Gasteiger partial charge in [0.2, 0.25) is 5.91 Å². The van der Waals surface area contributed by atoms with Crippen LogP contribution in [0.3, 0.4) is 0 Å². The van der Waals surface area contributed by atoms with Crippen LogP contribution in [0.25, 0.3) is 0 Å². The third kappa shape index (κ3) is 4.08. The van der Waals surface area contributed by atoms with Gasteiger partial charge in [-0.05, 0) is 18.2 Å². The Morgan fingerprint density at radius 2 is 2.31 bits per heavy atom. The molecule has 0 bridgehead atoms. The number of anilines is 2. The van der Waals surface area contributed by atoms with Gasteiger partial charge in [0.1, 0.15) is 5.82 Å². The zero-order valence-corrected chi connectivity index (χ0v) is 9.39. The van der Waals surface area contributed by atoms with Crippen LogP contribution in [0.15, 0.2) is 18.2 Å². The van der Waals surface area contributed by atoms with Crippen LogP contribution in [-0.4, -0.2) is 29.1 Å². The molecule has 0 radical (unpaired) electrons. The molecule has 0 saturated heterocycles. The van der Waals surface area contributed by atoms with E-state index in [0.29, 0.717) is 11.4 Å². The molecule has 4 N–H and O–H groups in total. The molecule has 1 amide bonds. The van der Waals surface area contributed by atoms with E-state index < -0.39 is 5.82 Å². The lowest BCUT2D eigenvalue weighted by Crippen LogP contribution is -2.15. The summed E-state index contributed by atoms with van der Waals surface area (Å²) in [4.78, 5) is 11.4. The van der Waals surface area contributed by atoms with E-state index in [1.54, 1.807) is 0 Å². The Hall–Kier alpha value is -1.27. The molecule has 0 aromatic heterocycles. The predicted octanol–water partition coefficient (Wildman–Crippen LogP) is 1.07. The first-order valence-corrected chi connectivity index (χ1v) is 5.82. The Morgan fingerprint density at radius 3 is 2.94 bits per heavy atom. The molecule has 1 aromatic carbocycles.